The first-order valence-corrected chi connectivity index (χ1v) is 29.2. The molecule has 8 heteroatoms. The Bertz CT molecular complexity index is 3140. The summed E-state index contributed by atoms with van der Waals surface area (Å²) in [5, 5.41) is 0. The summed E-state index contributed by atoms with van der Waals surface area (Å²) < 4.78 is 0. The fourth-order valence-corrected chi connectivity index (χ4v) is 7.70. The minimum absolute atomic E-state index is 0. The van der Waals surface area contributed by atoms with E-state index in [1.54, 1.807) is 60.8 Å². The molecule has 0 saturated heterocycles. The first-order valence-electron chi connectivity index (χ1n) is 29.2. The number of benzene rings is 10. The van der Waals surface area contributed by atoms with Gasteiger partial charge < -0.3 is 0 Å². The largest absolute Gasteiger partial charge is 0.290 e. The molecule has 0 amide bonds. The SMILES string of the molecule is O=C(C=Cc1ccccc1)C=Cc1ccccc1.O=C(C=Cc1ccccc1)C=Cc1ccccc1.O=C(C=Cc1ccccc1)C=Cc1ccccc1.O=C(C=Cc1ccccc1)C=Cc1ccccc1.O=C(C=Cc1ccccc1)C=Cc1ccccc1.[Pd].[Pd].[Pd]. The van der Waals surface area contributed by atoms with Crippen LogP contribution in [0, 0.1) is 0 Å². The molecule has 5 nitrogen and oxygen atoms in total. The van der Waals surface area contributed by atoms with E-state index in [4.69, 9.17) is 0 Å². The predicted octanol–water partition coefficient (Wildman–Crippen LogP) is 19.9. The number of ketones is 5. The fraction of sp³-hybridized carbons (Fsp3) is 0. The van der Waals surface area contributed by atoms with Crippen LogP contribution in [0.3, 0.4) is 0 Å². The van der Waals surface area contributed by atoms with E-state index in [1.165, 1.54) is 0 Å². The molecule has 0 aromatic heterocycles. The van der Waals surface area contributed by atoms with Crippen LogP contribution in [-0.2, 0) is 85.2 Å². The molecule has 470 valence electrons. The molecule has 10 aromatic rings. The third-order valence-electron chi connectivity index (χ3n) is 12.4. The molecule has 0 spiro atoms. The van der Waals surface area contributed by atoms with Crippen LogP contribution in [0.5, 0.6) is 0 Å². The molecule has 10 aromatic carbocycles. The van der Waals surface area contributed by atoms with Gasteiger partial charge in [-0.2, -0.15) is 0 Å². The zero-order valence-electron chi connectivity index (χ0n) is 50.9. The van der Waals surface area contributed by atoms with Crippen LogP contribution in [0.15, 0.2) is 364 Å². The van der Waals surface area contributed by atoms with Gasteiger partial charge in [-0.15, -0.1) is 0 Å². The van der Waals surface area contributed by atoms with Gasteiger partial charge in [-0.25, -0.2) is 0 Å². The Balaban J connectivity index is 0.000000301. The van der Waals surface area contributed by atoms with Gasteiger partial charge in [0.1, 0.15) is 0 Å². The Morgan fingerprint density at radius 2 is 0.215 bits per heavy atom. The molecule has 10 rings (SSSR count). The maximum Gasteiger partial charge on any atom is 0.178 e. The van der Waals surface area contributed by atoms with Crippen molar-refractivity contribution < 1.29 is 85.2 Å². The van der Waals surface area contributed by atoms with Gasteiger partial charge in [-0.05, 0) is 116 Å². The van der Waals surface area contributed by atoms with Crippen LogP contribution < -0.4 is 0 Å². The van der Waals surface area contributed by atoms with Gasteiger partial charge in [0.25, 0.3) is 0 Å². The molecule has 0 bridgehead atoms. The van der Waals surface area contributed by atoms with E-state index < -0.39 is 0 Å². The molecule has 0 unspecified atom stereocenters. The number of hydrogen-bond donors (Lipinski definition) is 0. The van der Waals surface area contributed by atoms with Crippen molar-refractivity contribution >= 4 is 89.7 Å². The number of rotatable bonds is 20. The van der Waals surface area contributed by atoms with Crippen molar-refractivity contribution in [3.05, 3.63) is 420 Å². The number of hydrogen-bond acceptors (Lipinski definition) is 5. The van der Waals surface area contributed by atoms with E-state index in [-0.39, 0.29) is 90.2 Å². The van der Waals surface area contributed by atoms with Crippen LogP contribution in [0.4, 0.5) is 0 Å². The van der Waals surface area contributed by atoms with Crippen molar-refractivity contribution in [1.82, 2.24) is 0 Å². The summed E-state index contributed by atoms with van der Waals surface area (Å²) in [5.74, 6) is -0.0569. The molecule has 0 fully saturated rings. The minimum atomic E-state index is -0.0114. The monoisotopic (exact) mass is 1490 g/mol. The van der Waals surface area contributed by atoms with Gasteiger partial charge in [0, 0.05) is 61.3 Å². The van der Waals surface area contributed by atoms with Gasteiger partial charge in [0.15, 0.2) is 28.9 Å². The minimum Gasteiger partial charge on any atom is -0.290 e. The Kier molecular flexibility index (Phi) is 40.5. The average Bonchev–Trinajstić information content (AvgIpc) is 3.79. The Labute approximate surface area is 589 Å². The second kappa shape index (κ2) is 48.7. The molecule has 93 heavy (non-hydrogen) atoms. The molecular formula is C85H70O5Pd3. The van der Waals surface area contributed by atoms with Crippen molar-refractivity contribution in [3.63, 3.8) is 0 Å². The van der Waals surface area contributed by atoms with E-state index in [9.17, 15) is 24.0 Å². The van der Waals surface area contributed by atoms with Gasteiger partial charge in [-0.1, -0.05) is 364 Å². The summed E-state index contributed by atoms with van der Waals surface area (Å²) in [6.45, 7) is 0. The predicted molar refractivity (Wildman–Crippen MR) is 380 cm³/mol. The zero-order chi connectivity index (χ0) is 63.2. The van der Waals surface area contributed by atoms with Gasteiger partial charge in [0.2, 0.25) is 0 Å². The maximum atomic E-state index is 11.6. The van der Waals surface area contributed by atoms with E-state index in [0.717, 1.165) is 55.6 Å². The van der Waals surface area contributed by atoms with E-state index in [2.05, 4.69) is 0 Å². The summed E-state index contributed by atoms with van der Waals surface area (Å²) in [4.78, 5) is 58.1. The third kappa shape index (κ3) is 36.4. The first-order chi connectivity index (χ1) is 44.2. The molecule has 0 aliphatic carbocycles. The zero-order valence-corrected chi connectivity index (χ0v) is 55.6. The molecule has 0 atom stereocenters. The average molecular weight is 1490 g/mol. The quantitative estimate of drug-likeness (QED) is 0.0561. The van der Waals surface area contributed by atoms with Gasteiger partial charge in [-0.3, -0.25) is 24.0 Å². The smallest absolute Gasteiger partial charge is 0.178 e. The van der Waals surface area contributed by atoms with Gasteiger partial charge in [0.05, 0.1) is 0 Å². The topological polar surface area (TPSA) is 85.3 Å². The summed E-state index contributed by atoms with van der Waals surface area (Å²) in [5.41, 5.74) is 10.3. The second-order valence-corrected chi connectivity index (χ2v) is 19.5. The van der Waals surface area contributed by atoms with Crippen molar-refractivity contribution in [1.29, 1.82) is 0 Å². The summed E-state index contributed by atoms with van der Waals surface area (Å²) in [7, 11) is 0. The third-order valence-corrected chi connectivity index (χ3v) is 12.4. The van der Waals surface area contributed by atoms with Crippen LogP contribution in [0.2, 0.25) is 0 Å². The molecule has 0 radical (unpaired) electrons. The van der Waals surface area contributed by atoms with Crippen molar-refractivity contribution in [2.75, 3.05) is 0 Å². The van der Waals surface area contributed by atoms with Gasteiger partial charge >= 0.3 is 0 Å². The van der Waals surface area contributed by atoms with E-state index in [0.29, 0.717) is 0 Å². The molecular weight excluding hydrogens is 1420 g/mol. The molecule has 0 saturated carbocycles. The number of carbonyl (C=O) groups excluding carboxylic acids is 5. The Morgan fingerprint density at radius 3 is 0.290 bits per heavy atom. The van der Waals surface area contributed by atoms with Crippen molar-refractivity contribution in [3.8, 4) is 0 Å². The van der Waals surface area contributed by atoms with E-state index >= 15 is 0 Å². The summed E-state index contributed by atoms with van der Waals surface area (Å²) in [6.07, 6.45) is 34.0. The molecule has 0 aliphatic rings. The van der Waals surface area contributed by atoms with Crippen molar-refractivity contribution in [2.45, 2.75) is 0 Å². The Morgan fingerprint density at radius 1 is 0.140 bits per heavy atom. The summed E-state index contributed by atoms with van der Waals surface area (Å²) in [6, 6.07) is 97.8. The Hall–Kier alpha value is -10.1. The van der Waals surface area contributed by atoms with Crippen LogP contribution in [-0.4, -0.2) is 28.9 Å². The second-order valence-electron chi connectivity index (χ2n) is 19.5. The first kappa shape index (κ1) is 77.2. The fourth-order valence-electron chi connectivity index (χ4n) is 7.70. The normalized spacial score (nSPS) is 10.8. The molecule has 0 N–H and O–H groups in total. The summed E-state index contributed by atoms with van der Waals surface area (Å²) >= 11 is 0. The van der Waals surface area contributed by atoms with Crippen LogP contribution >= 0.6 is 0 Å². The maximum absolute atomic E-state index is 11.6. The van der Waals surface area contributed by atoms with Crippen molar-refractivity contribution in [2.24, 2.45) is 0 Å². The molecule has 0 heterocycles. The van der Waals surface area contributed by atoms with Crippen LogP contribution in [0.1, 0.15) is 55.6 Å². The van der Waals surface area contributed by atoms with E-state index in [1.807, 2.05) is 364 Å². The molecule has 0 aliphatic heterocycles. The number of allylic oxidation sites excluding steroid dienone is 10. The number of carbonyl (C=O) groups is 5. The standard InChI is InChI=1S/5C17H14O.3Pd/c5*18-17(13-11-15-7-3-1-4-8-15)14-12-16-9-5-2-6-10-16;;;/h5*1-14H;;;. The van der Waals surface area contributed by atoms with Crippen LogP contribution in [0.25, 0.3) is 60.8 Å².